The predicted octanol–water partition coefficient (Wildman–Crippen LogP) is 1.18. The highest BCUT2D eigenvalue weighted by molar-refractivity contribution is 8.00. The number of hydrogen-bond donors (Lipinski definition) is 0. The Labute approximate surface area is 125 Å². The topological polar surface area (TPSA) is 49.9 Å². The van der Waals surface area contributed by atoms with Crippen molar-refractivity contribution in [3.63, 3.8) is 0 Å². The molecule has 2 aliphatic rings. The quantitative estimate of drug-likeness (QED) is 0.841. The molecule has 20 heavy (non-hydrogen) atoms. The van der Waals surface area contributed by atoms with Gasteiger partial charge in [0.1, 0.15) is 11.9 Å². The molecule has 0 unspecified atom stereocenters. The first-order valence-corrected chi connectivity index (χ1v) is 8.48. The second-order valence-corrected chi connectivity index (χ2v) is 6.74. The van der Waals surface area contributed by atoms with Gasteiger partial charge in [-0.2, -0.15) is 0 Å². The van der Waals surface area contributed by atoms with Crippen molar-refractivity contribution in [2.75, 3.05) is 38.6 Å². The number of thiophene rings is 1. The number of ether oxygens (including phenoxy) is 1. The molecule has 0 N–H and O–H groups in total. The SMILES string of the molecule is O=C(CN1C(=O)CS[C@@H]1c1cccs1)N1CCOCC1. The summed E-state index contributed by atoms with van der Waals surface area (Å²) in [7, 11) is 0. The summed E-state index contributed by atoms with van der Waals surface area (Å²) in [6, 6.07) is 4.00. The van der Waals surface area contributed by atoms with E-state index in [0.29, 0.717) is 32.1 Å². The molecule has 2 saturated heterocycles. The Morgan fingerprint density at radius 2 is 2.20 bits per heavy atom. The van der Waals surface area contributed by atoms with Gasteiger partial charge in [0.25, 0.3) is 0 Å². The molecule has 1 atom stereocenters. The van der Waals surface area contributed by atoms with Gasteiger partial charge < -0.3 is 14.5 Å². The minimum Gasteiger partial charge on any atom is -0.378 e. The fraction of sp³-hybridized carbons (Fsp3) is 0.538. The third-order valence-electron chi connectivity index (χ3n) is 3.42. The van der Waals surface area contributed by atoms with E-state index in [0.717, 1.165) is 4.88 Å². The van der Waals surface area contributed by atoms with Crippen molar-refractivity contribution < 1.29 is 14.3 Å². The lowest BCUT2D eigenvalue weighted by atomic mass is 10.3. The fourth-order valence-electron chi connectivity index (χ4n) is 2.35. The van der Waals surface area contributed by atoms with Crippen LogP contribution in [-0.4, -0.2) is 60.2 Å². The van der Waals surface area contributed by atoms with Crippen LogP contribution in [0.4, 0.5) is 0 Å². The van der Waals surface area contributed by atoms with Gasteiger partial charge in [-0.1, -0.05) is 6.07 Å². The Balaban J connectivity index is 1.67. The zero-order valence-electron chi connectivity index (χ0n) is 11.0. The Kier molecular flexibility index (Phi) is 4.28. The van der Waals surface area contributed by atoms with Gasteiger partial charge >= 0.3 is 0 Å². The highest BCUT2D eigenvalue weighted by Crippen LogP contribution is 2.40. The highest BCUT2D eigenvalue weighted by Gasteiger charge is 2.35. The summed E-state index contributed by atoms with van der Waals surface area (Å²) in [6.45, 7) is 2.59. The second-order valence-electron chi connectivity index (χ2n) is 4.69. The molecule has 2 amide bonds. The largest absolute Gasteiger partial charge is 0.378 e. The van der Waals surface area contributed by atoms with Crippen LogP contribution < -0.4 is 0 Å². The van der Waals surface area contributed by atoms with Gasteiger partial charge in [0, 0.05) is 18.0 Å². The number of amides is 2. The van der Waals surface area contributed by atoms with Crippen molar-refractivity contribution in [2.24, 2.45) is 0 Å². The van der Waals surface area contributed by atoms with Crippen LogP contribution in [0, 0.1) is 0 Å². The Bertz CT molecular complexity index is 486. The molecule has 1 aromatic rings. The van der Waals surface area contributed by atoms with Crippen LogP contribution in [0.3, 0.4) is 0 Å². The lowest BCUT2D eigenvalue weighted by Crippen LogP contribution is -2.46. The molecular weight excluding hydrogens is 296 g/mol. The van der Waals surface area contributed by atoms with Crippen LogP contribution in [0.25, 0.3) is 0 Å². The molecule has 0 radical (unpaired) electrons. The number of carbonyl (C=O) groups excluding carboxylic acids is 2. The third-order valence-corrected chi connectivity index (χ3v) is 5.74. The molecule has 0 spiro atoms. The lowest BCUT2D eigenvalue weighted by molar-refractivity contribution is -0.141. The Morgan fingerprint density at radius 3 is 2.90 bits per heavy atom. The number of hydrogen-bond acceptors (Lipinski definition) is 5. The third kappa shape index (κ3) is 2.84. The summed E-state index contributed by atoms with van der Waals surface area (Å²) in [5.74, 6) is 0.527. The van der Waals surface area contributed by atoms with Crippen LogP contribution in [0.15, 0.2) is 17.5 Å². The fourth-order valence-corrected chi connectivity index (χ4v) is 4.52. The monoisotopic (exact) mass is 312 g/mol. The minimum absolute atomic E-state index is 0.00695. The molecule has 7 heteroatoms. The van der Waals surface area contributed by atoms with E-state index in [4.69, 9.17) is 4.74 Å². The predicted molar refractivity (Wildman–Crippen MR) is 78.6 cm³/mol. The van der Waals surface area contributed by atoms with E-state index in [1.165, 1.54) is 0 Å². The van der Waals surface area contributed by atoms with E-state index in [2.05, 4.69) is 0 Å². The van der Waals surface area contributed by atoms with Gasteiger partial charge in [0.2, 0.25) is 11.8 Å². The zero-order valence-corrected chi connectivity index (χ0v) is 12.6. The van der Waals surface area contributed by atoms with Crippen LogP contribution in [-0.2, 0) is 14.3 Å². The lowest BCUT2D eigenvalue weighted by Gasteiger charge is -2.30. The number of morpholine rings is 1. The van der Waals surface area contributed by atoms with Gasteiger partial charge in [-0.25, -0.2) is 0 Å². The maximum Gasteiger partial charge on any atom is 0.242 e. The summed E-state index contributed by atoms with van der Waals surface area (Å²) < 4.78 is 5.24. The smallest absolute Gasteiger partial charge is 0.242 e. The zero-order chi connectivity index (χ0) is 13.9. The normalized spacial score (nSPS) is 23.4. The molecule has 0 aliphatic carbocycles. The van der Waals surface area contributed by atoms with E-state index in [1.807, 2.05) is 17.5 Å². The molecule has 1 aromatic heterocycles. The van der Waals surface area contributed by atoms with Gasteiger partial charge in [-0.05, 0) is 11.4 Å². The summed E-state index contributed by atoms with van der Waals surface area (Å²) in [6.07, 6.45) is 0. The second kappa shape index (κ2) is 6.15. The number of nitrogens with zero attached hydrogens (tertiary/aromatic N) is 2. The van der Waals surface area contributed by atoms with E-state index in [9.17, 15) is 9.59 Å². The maximum atomic E-state index is 12.3. The average molecular weight is 312 g/mol. The van der Waals surface area contributed by atoms with Crippen molar-refractivity contribution in [3.8, 4) is 0 Å². The van der Waals surface area contributed by atoms with Crippen LogP contribution in [0.5, 0.6) is 0 Å². The first-order chi connectivity index (χ1) is 9.75. The van der Waals surface area contributed by atoms with Gasteiger partial charge in [-0.3, -0.25) is 9.59 Å². The van der Waals surface area contributed by atoms with E-state index in [1.54, 1.807) is 32.9 Å². The molecule has 5 nitrogen and oxygen atoms in total. The summed E-state index contributed by atoms with van der Waals surface area (Å²) in [5, 5.41) is 1.99. The average Bonchev–Trinajstić information content (AvgIpc) is 3.11. The molecule has 3 heterocycles. The van der Waals surface area contributed by atoms with Gasteiger partial charge in [0.05, 0.1) is 19.0 Å². The molecule has 0 saturated carbocycles. The van der Waals surface area contributed by atoms with E-state index >= 15 is 0 Å². The van der Waals surface area contributed by atoms with Crippen LogP contribution in [0.2, 0.25) is 0 Å². The first kappa shape index (κ1) is 13.9. The van der Waals surface area contributed by atoms with E-state index < -0.39 is 0 Å². The van der Waals surface area contributed by atoms with Crippen molar-refractivity contribution >= 4 is 34.9 Å². The van der Waals surface area contributed by atoms with Gasteiger partial charge in [0.15, 0.2) is 0 Å². The number of rotatable bonds is 3. The number of carbonyl (C=O) groups is 2. The minimum atomic E-state index is -0.00695. The molecule has 0 aromatic carbocycles. The Hall–Kier alpha value is -1.05. The molecule has 2 fully saturated rings. The van der Waals surface area contributed by atoms with Gasteiger partial charge in [-0.15, -0.1) is 23.1 Å². The van der Waals surface area contributed by atoms with Crippen molar-refractivity contribution in [1.29, 1.82) is 0 Å². The molecular formula is C13H16N2O3S2. The van der Waals surface area contributed by atoms with Crippen molar-refractivity contribution in [3.05, 3.63) is 22.4 Å². The van der Waals surface area contributed by atoms with E-state index in [-0.39, 0.29) is 23.7 Å². The molecule has 3 rings (SSSR count). The molecule has 108 valence electrons. The molecule has 0 bridgehead atoms. The summed E-state index contributed by atoms with van der Waals surface area (Å²) >= 11 is 3.23. The van der Waals surface area contributed by atoms with Crippen LogP contribution in [0.1, 0.15) is 10.3 Å². The first-order valence-electron chi connectivity index (χ1n) is 6.56. The van der Waals surface area contributed by atoms with Crippen molar-refractivity contribution in [2.45, 2.75) is 5.37 Å². The molecule has 2 aliphatic heterocycles. The van der Waals surface area contributed by atoms with Crippen molar-refractivity contribution in [1.82, 2.24) is 9.80 Å². The number of thioether (sulfide) groups is 1. The Morgan fingerprint density at radius 1 is 1.40 bits per heavy atom. The summed E-state index contributed by atoms with van der Waals surface area (Å²) in [5.41, 5.74) is 0. The highest BCUT2D eigenvalue weighted by atomic mass is 32.2. The summed E-state index contributed by atoms with van der Waals surface area (Å²) in [4.78, 5) is 28.9. The van der Waals surface area contributed by atoms with Crippen LogP contribution >= 0.6 is 23.1 Å². The maximum absolute atomic E-state index is 12.3. The standard InChI is InChI=1S/C13H16N2O3S2/c16-11(14-3-5-18-6-4-14)8-15-12(17)9-20-13(15)10-2-1-7-19-10/h1-2,7,13H,3-6,8-9H2/t13-/m1/s1.